The zero-order valence-electron chi connectivity index (χ0n) is 11.9. The van der Waals surface area contributed by atoms with Gasteiger partial charge < -0.3 is 5.32 Å². The van der Waals surface area contributed by atoms with E-state index >= 15 is 0 Å². The van der Waals surface area contributed by atoms with Crippen LogP contribution in [0.5, 0.6) is 0 Å². The van der Waals surface area contributed by atoms with Crippen LogP contribution in [-0.4, -0.2) is 12.0 Å². The molecule has 1 unspecified atom stereocenters. The Balaban J connectivity index is 2.66. The van der Waals surface area contributed by atoms with E-state index in [1.807, 2.05) is 13.2 Å². The molecule has 1 aromatic heterocycles. The Hall–Kier alpha value is -0.890. The van der Waals surface area contributed by atoms with Crippen LogP contribution in [0.3, 0.4) is 0 Å². The third-order valence-electron chi connectivity index (χ3n) is 3.21. The third kappa shape index (κ3) is 4.47. The molecule has 0 aromatic carbocycles. The third-order valence-corrected chi connectivity index (χ3v) is 3.21. The lowest BCUT2D eigenvalue weighted by Gasteiger charge is -2.18. The molecule has 0 saturated heterocycles. The first kappa shape index (κ1) is 14.2. The predicted octanol–water partition coefficient (Wildman–Crippen LogP) is 3.79. The predicted molar refractivity (Wildman–Crippen MR) is 74.2 cm³/mol. The summed E-state index contributed by atoms with van der Waals surface area (Å²) in [6.45, 7) is 8.81. The molecule has 1 N–H and O–H groups in total. The van der Waals surface area contributed by atoms with E-state index in [-0.39, 0.29) is 0 Å². The van der Waals surface area contributed by atoms with Crippen molar-refractivity contribution in [1.29, 1.82) is 0 Å². The van der Waals surface area contributed by atoms with E-state index < -0.39 is 0 Å². The van der Waals surface area contributed by atoms with Crippen molar-refractivity contribution in [2.75, 3.05) is 7.05 Å². The Morgan fingerprint density at radius 1 is 1.24 bits per heavy atom. The molecule has 0 saturated carbocycles. The lowest BCUT2D eigenvalue weighted by Crippen LogP contribution is -2.19. The summed E-state index contributed by atoms with van der Waals surface area (Å²) in [6.07, 6.45) is 5.70. The van der Waals surface area contributed by atoms with E-state index in [1.54, 1.807) is 0 Å². The van der Waals surface area contributed by atoms with Gasteiger partial charge in [-0.15, -0.1) is 0 Å². The van der Waals surface area contributed by atoms with Gasteiger partial charge in [0.25, 0.3) is 0 Å². The van der Waals surface area contributed by atoms with Gasteiger partial charge in [-0.2, -0.15) is 0 Å². The van der Waals surface area contributed by atoms with Gasteiger partial charge in [-0.3, -0.25) is 4.98 Å². The largest absolute Gasteiger partial charge is 0.312 e. The average molecular weight is 234 g/mol. The van der Waals surface area contributed by atoms with Gasteiger partial charge in [0.1, 0.15) is 0 Å². The molecule has 2 heteroatoms. The van der Waals surface area contributed by atoms with Crippen molar-refractivity contribution in [3.63, 3.8) is 0 Å². The first-order valence-corrected chi connectivity index (χ1v) is 6.65. The highest BCUT2D eigenvalue weighted by Gasteiger charge is 2.13. The topological polar surface area (TPSA) is 24.9 Å². The highest BCUT2D eigenvalue weighted by atomic mass is 14.9. The standard InChI is InChI=1S/C15H26N2/c1-11(2)7-6-8-14(16-5)15-13(4)9-12(3)10-17-15/h9-11,14,16H,6-8H2,1-5H3. The molecule has 17 heavy (non-hydrogen) atoms. The van der Waals surface area contributed by atoms with Gasteiger partial charge in [-0.05, 0) is 44.4 Å². The van der Waals surface area contributed by atoms with Gasteiger partial charge in [-0.25, -0.2) is 0 Å². The van der Waals surface area contributed by atoms with Crippen molar-refractivity contribution in [3.8, 4) is 0 Å². The second kappa shape index (κ2) is 6.75. The fourth-order valence-corrected chi connectivity index (χ4v) is 2.24. The minimum Gasteiger partial charge on any atom is -0.312 e. The molecule has 0 bridgehead atoms. The number of rotatable bonds is 6. The molecule has 96 valence electrons. The minimum absolute atomic E-state index is 0.398. The van der Waals surface area contributed by atoms with Crippen molar-refractivity contribution in [1.82, 2.24) is 10.3 Å². The first-order chi connectivity index (χ1) is 8.04. The van der Waals surface area contributed by atoms with Crippen LogP contribution >= 0.6 is 0 Å². The van der Waals surface area contributed by atoms with E-state index in [9.17, 15) is 0 Å². The summed E-state index contributed by atoms with van der Waals surface area (Å²) in [5.41, 5.74) is 3.75. The molecule has 0 fully saturated rings. The number of aryl methyl sites for hydroxylation is 2. The van der Waals surface area contributed by atoms with Gasteiger partial charge in [0.15, 0.2) is 0 Å². The van der Waals surface area contributed by atoms with Crippen LogP contribution in [0.1, 0.15) is 56.0 Å². The maximum Gasteiger partial charge on any atom is 0.0602 e. The monoisotopic (exact) mass is 234 g/mol. The molecule has 0 aliphatic heterocycles. The van der Waals surface area contributed by atoms with Crippen molar-refractivity contribution < 1.29 is 0 Å². The molecule has 0 aliphatic carbocycles. The van der Waals surface area contributed by atoms with Crippen molar-refractivity contribution in [3.05, 3.63) is 29.1 Å². The van der Waals surface area contributed by atoms with Crippen LogP contribution in [-0.2, 0) is 0 Å². The second-order valence-electron chi connectivity index (χ2n) is 5.38. The summed E-state index contributed by atoms with van der Waals surface area (Å²) >= 11 is 0. The van der Waals surface area contributed by atoms with Gasteiger partial charge in [0.05, 0.1) is 5.69 Å². The highest BCUT2D eigenvalue weighted by Crippen LogP contribution is 2.22. The maximum atomic E-state index is 4.58. The number of hydrogen-bond acceptors (Lipinski definition) is 2. The van der Waals surface area contributed by atoms with Crippen LogP contribution < -0.4 is 5.32 Å². The Kier molecular flexibility index (Phi) is 5.63. The van der Waals surface area contributed by atoms with Crippen LogP contribution in [0, 0.1) is 19.8 Å². The van der Waals surface area contributed by atoms with Crippen molar-refractivity contribution in [2.24, 2.45) is 5.92 Å². The highest BCUT2D eigenvalue weighted by molar-refractivity contribution is 5.25. The minimum atomic E-state index is 0.398. The smallest absolute Gasteiger partial charge is 0.0602 e. The molecule has 1 aromatic rings. The summed E-state index contributed by atoms with van der Waals surface area (Å²) in [7, 11) is 2.03. The van der Waals surface area contributed by atoms with Gasteiger partial charge in [0, 0.05) is 12.2 Å². The van der Waals surface area contributed by atoms with E-state index in [4.69, 9.17) is 0 Å². The van der Waals surface area contributed by atoms with E-state index in [0.717, 1.165) is 5.92 Å². The fourth-order valence-electron chi connectivity index (χ4n) is 2.24. The van der Waals surface area contributed by atoms with E-state index in [2.05, 4.69) is 44.1 Å². The average Bonchev–Trinajstić information content (AvgIpc) is 2.25. The quantitative estimate of drug-likeness (QED) is 0.810. The molecule has 0 aliphatic rings. The molecular weight excluding hydrogens is 208 g/mol. The molecular formula is C15H26N2. The summed E-state index contributed by atoms with van der Waals surface area (Å²) in [5, 5.41) is 3.39. The van der Waals surface area contributed by atoms with Gasteiger partial charge in [0.2, 0.25) is 0 Å². The number of pyridine rings is 1. The Morgan fingerprint density at radius 3 is 2.47 bits per heavy atom. The fraction of sp³-hybridized carbons (Fsp3) is 0.667. The summed E-state index contributed by atoms with van der Waals surface area (Å²) in [4.78, 5) is 4.58. The summed E-state index contributed by atoms with van der Waals surface area (Å²) in [5.74, 6) is 0.791. The maximum absolute atomic E-state index is 4.58. The van der Waals surface area contributed by atoms with Crippen molar-refractivity contribution >= 4 is 0 Å². The summed E-state index contributed by atoms with van der Waals surface area (Å²) < 4.78 is 0. The lowest BCUT2D eigenvalue weighted by molar-refractivity contribution is 0.463. The molecule has 0 spiro atoms. The summed E-state index contributed by atoms with van der Waals surface area (Å²) in [6, 6.07) is 2.61. The molecule has 1 atom stereocenters. The second-order valence-corrected chi connectivity index (χ2v) is 5.38. The molecule has 0 radical (unpaired) electrons. The Bertz CT molecular complexity index is 345. The van der Waals surface area contributed by atoms with Gasteiger partial charge >= 0.3 is 0 Å². The zero-order chi connectivity index (χ0) is 12.8. The Labute approximate surface area is 106 Å². The lowest BCUT2D eigenvalue weighted by atomic mass is 9.98. The molecule has 1 heterocycles. The molecule has 2 nitrogen and oxygen atoms in total. The number of nitrogens with zero attached hydrogens (tertiary/aromatic N) is 1. The molecule has 1 rings (SSSR count). The Morgan fingerprint density at radius 2 is 1.94 bits per heavy atom. The number of nitrogens with one attached hydrogen (secondary N) is 1. The number of hydrogen-bond donors (Lipinski definition) is 1. The van der Waals surface area contributed by atoms with Crippen LogP contribution in [0.4, 0.5) is 0 Å². The van der Waals surface area contributed by atoms with Crippen LogP contribution in [0.15, 0.2) is 12.3 Å². The van der Waals surface area contributed by atoms with E-state index in [0.29, 0.717) is 6.04 Å². The van der Waals surface area contributed by atoms with E-state index in [1.165, 1.54) is 36.1 Å². The van der Waals surface area contributed by atoms with Crippen LogP contribution in [0.25, 0.3) is 0 Å². The zero-order valence-corrected chi connectivity index (χ0v) is 11.9. The number of aromatic nitrogens is 1. The normalized spacial score (nSPS) is 13.1. The molecule has 0 amide bonds. The van der Waals surface area contributed by atoms with Crippen LogP contribution in [0.2, 0.25) is 0 Å². The SMILES string of the molecule is CNC(CCCC(C)C)c1ncc(C)cc1C. The van der Waals surface area contributed by atoms with Gasteiger partial charge in [-0.1, -0.05) is 32.8 Å². The van der Waals surface area contributed by atoms with Crippen molar-refractivity contribution in [2.45, 2.75) is 53.0 Å². The first-order valence-electron chi connectivity index (χ1n) is 6.65.